The topological polar surface area (TPSA) is 124 Å². The van der Waals surface area contributed by atoms with Crippen molar-refractivity contribution >= 4 is 27.5 Å². The summed E-state index contributed by atoms with van der Waals surface area (Å²) in [7, 11) is 1.13. The summed E-state index contributed by atoms with van der Waals surface area (Å²) in [6.45, 7) is 3.40. The zero-order valence-electron chi connectivity index (χ0n) is 27.0. The van der Waals surface area contributed by atoms with Crippen LogP contribution in [0.25, 0.3) is 0 Å². The zero-order valence-corrected chi connectivity index (χ0v) is 27.9. The van der Waals surface area contributed by atoms with Gasteiger partial charge < -0.3 is 29.2 Å². The molecule has 1 unspecified atom stereocenters. The number of nitrogens with one attached hydrogen (secondary N) is 1. The van der Waals surface area contributed by atoms with Gasteiger partial charge in [-0.1, -0.05) is 32.4 Å². The standard InChI is InChI=1S/C33H42FN3O8S/c1-7-9-18-35-33(39)27(8-2)36(21-23-10-12-24(34)13-11-23)32(38)22-37(28-19-25(42-3)14-16-29(28)43-4)46(40,41)26-15-17-30(44-5)31(20-26)45-6/h10-17,19-20,27H,7-9,18,21-22H2,1-6H3,(H,35,39). The number of nitrogens with zero attached hydrogens (tertiary/aromatic N) is 2. The van der Waals surface area contributed by atoms with Crippen LogP contribution >= 0.6 is 0 Å². The van der Waals surface area contributed by atoms with Crippen molar-refractivity contribution in [1.29, 1.82) is 0 Å². The molecule has 46 heavy (non-hydrogen) atoms. The molecule has 0 aliphatic heterocycles. The summed E-state index contributed by atoms with van der Waals surface area (Å²) in [5.41, 5.74) is 0.593. The Labute approximate surface area is 270 Å². The lowest BCUT2D eigenvalue weighted by Crippen LogP contribution is -2.52. The van der Waals surface area contributed by atoms with E-state index in [1.54, 1.807) is 13.0 Å². The Balaban J connectivity index is 2.17. The third-order valence-electron chi connectivity index (χ3n) is 7.36. The molecular formula is C33H42FN3O8S. The molecule has 0 aliphatic rings. The highest BCUT2D eigenvalue weighted by molar-refractivity contribution is 7.92. The Hall–Kier alpha value is -4.52. The van der Waals surface area contributed by atoms with Gasteiger partial charge in [-0.2, -0.15) is 0 Å². The second kappa shape index (κ2) is 16.7. The van der Waals surface area contributed by atoms with E-state index in [-0.39, 0.29) is 41.0 Å². The highest BCUT2D eigenvalue weighted by Gasteiger charge is 2.35. The van der Waals surface area contributed by atoms with E-state index in [4.69, 9.17) is 18.9 Å². The first-order valence-electron chi connectivity index (χ1n) is 14.8. The van der Waals surface area contributed by atoms with Crippen molar-refractivity contribution in [2.75, 3.05) is 45.8 Å². The second-order valence-corrected chi connectivity index (χ2v) is 12.1. The van der Waals surface area contributed by atoms with Crippen LogP contribution in [0, 0.1) is 5.82 Å². The fourth-order valence-electron chi connectivity index (χ4n) is 4.82. The van der Waals surface area contributed by atoms with Gasteiger partial charge in [0, 0.05) is 25.2 Å². The molecule has 0 saturated carbocycles. The summed E-state index contributed by atoms with van der Waals surface area (Å²) in [6, 6.07) is 13.3. The Bertz CT molecular complexity index is 1580. The van der Waals surface area contributed by atoms with Gasteiger partial charge in [-0.3, -0.25) is 13.9 Å². The van der Waals surface area contributed by atoms with Crippen LogP contribution in [0.3, 0.4) is 0 Å². The molecule has 0 spiro atoms. The van der Waals surface area contributed by atoms with Gasteiger partial charge in [-0.05, 0) is 54.8 Å². The third-order valence-corrected chi connectivity index (χ3v) is 9.11. The number of benzene rings is 3. The van der Waals surface area contributed by atoms with Gasteiger partial charge >= 0.3 is 0 Å². The first kappa shape index (κ1) is 36.0. The number of hydrogen-bond acceptors (Lipinski definition) is 8. The van der Waals surface area contributed by atoms with Crippen molar-refractivity contribution in [3.8, 4) is 23.0 Å². The molecule has 0 saturated heterocycles. The Morgan fingerprint density at radius 2 is 1.50 bits per heavy atom. The number of amides is 2. The van der Waals surface area contributed by atoms with Crippen molar-refractivity contribution in [3.05, 3.63) is 72.0 Å². The number of rotatable bonds is 17. The van der Waals surface area contributed by atoms with Gasteiger partial charge in [0.05, 0.1) is 39.0 Å². The Morgan fingerprint density at radius 3 is 2.09 bits per heavy atom. The number of sulfonamides is 1. The SMILES string of the molecule is CCCCNC(=O)C(CC)N(Cc1ccc(F)cc1)C(=O)CN(c1cc(OC)ccc1OC)S(=O)(=O)c1ccc(OC)c(OC)c1. The predicted molar refractivity (Wildman–Crippen MR) is 173 cm³/mol. The van der Waals surface area contributed by atoms with E-state index in [1.165, 1.54) is 87.9 Å². The van der Waals surface area contributed by atoms with E-state index in [0.29, 0.717) is 23.6 Å². The molecule has 0 aromatic heterocycles. The van der Waals surface area contributed by atoms with Crippen LogP contribution < -0.4 is 28.6 Å². The average Bonchev–Trinajstić information content (AvgIpc) is 3.07. The van der Waals surface area contributed by atoms with Crippen LogP contribution in [0.15, 0.2) is 65.6 Å². The molecule has 0 heterocycles. The lowest BCUT2D eigenvalue weighted by atomic mass is 10.1. The van der Waals surface area contributed by atoms with Crippen LogP contribution in [0.4, 0.5) is 10.1 Å². The maximum atomic E-state index is 14.4. The fourth-order valence-corrected chi connectivity index (χ4v) is 6.25. The van der Waals surface area contributed by atoms with E-state index >= 15 is 0 Å². The molecule has 250 valence electrons. The lowest BCUT2D eigenvalue weighted by molar-refractivity contribution is -0.140. The van der Waals surface area contributed by atoms with E-state index in [1.807, 2.05) is 6.92 Å². The minimum atomic E-state index is -4.48. The van der Waals surface area contributed by atoms with Crippen LogP contribution in [0.2, 0.25) is 0 Å². The molecule has 11 nitrogen and oxygen atoms in total. The molecule has 1 N–H and O–H groups in total. The second-order valence-electron chi connectivity index (χ2n) is 10.3. The quantitative estimate of drug-likeness (QED) is 0.206. The Morgan fingerprint density at radius 1 is 0.848 bits per heavy atom. The minimum absolute atomic E-state index is 0.0344. The molecule has 0 fully saturated rings. The summed E-state index contributed by atoms with van der Waals surface area (Å²) >= 11 is 0. The number of anilines is 1. The fraction of sp³-hybridized carbons (Fsp3) is 0.394. The van der Waals surface area contributed by atoms with Crippen molar-refractivity contribution < 1.29 is 41.3 Å². The molecular weight excluding hydrogens is 617 g/mol. The molecule has 0 aliphatic carbocycles. The summed E-state index contributed by atoms with van der Waals surface area (Å²) in [4.78, 5) is 28.8. The van der Waals surface area contributed by atoms with Crippen LogP contribution in [-0.4, -0.2) is 72.7 Å². The van der Waals surface area contributed by atoms with Gasteiger partial charge in [-0.25, -0.2) is 12.8 Å². The number of ether oxygens (including phenoxy) is 4. The van der Waals surface area contributed by atoms with Gasteiger partial charge in [0.15, 0.2) is 11.5 Å². The highest BCUT2D eigenvalue weighted by atomic mass is 32.2. The summed E-state index contributed by atoms with van der Waals surface area (Å²) in [5.74, 6) is -0.542. The highest BCUT2D eigenvalue weighted by Crippen LogP contribution is 2.38. The van der Waals surface area contributed by atoms with Crippen molar-refractivity contribution in [3.63, 3.8) is 0 Å². The maximum Gasteiger partial charge on any atom is 0.265 e. The third kappa shape index (κ3) is 8.59. The molecule has 1 atom stereocenters. The molecule has 3 aromatic carbocycles. The van der Waals surface area contributed by atoms with Gasteiger partial charge in [0.25, 0.3) is 10.0 Å². The van der Waals surface area contributed by atoms with Crippen LogP contribution in [-0.2, 0) is 26.2 Å². The van der Waals surface area contributed by atoms with E-state index < -0.39 is 34.3 Å². The molecule has 13 heteroatoms. The van der Waals surface area contributed by atoms with Crippen LogP contribution in [0.1, 0.15) is 38.7 Å². The van der Waals surface area contributed by atoms with Gasteiger partial charge in [-0.15, -0.1) is 0 Å². The van der Waals surface area contributed by atoms with Gasteiger partial charge in [0.2, 0.25) is 11.8 Å². The Kier molecular flexibility index (Phi) is 13.0. The van der Waals surface area contributed by atoms with Crippen LogP contribution in [0.5, 0.6) is 23.0 Å². The van der Waals surface area contributed by atoms with E-state index in [0.717, 1.165) is 17.1 Å². The largest absolute Gasteiger partial charge is 0.497 e. The normalized spacial score (nSPS) is 11.7. The van der Waals surface area contributed by atoms with Gasteiger partial charge in [0.1, 0.15) is 29.9 Å². The summed E-state index contributed by atoms with van der Waals surface area (Å²) < 4.78 is 65.0. The molecule has 0 radical (unpaired) electrons. The number of halogens is 1. The maximum absolute atomic E-state index is 14.4. The van der Waals surface area contributed by atoms with Crippen molar-refractivity contribution in [2.24, 2.45) is 0 Å². The monoisotopic (exact) mass is 659 g/mol. The first-order valence-corrected chi connectivity index (χ1v) is 16.3. The lowest BCUT2D eigenvalue weighted by Gasteiger charge is -2.33. The van der Waals surface area contributed by atoms with Crippen molar-refractivity contribution in [2.45, 2.75) is 50.6 Å². The number of carbonyl (C=O) groups excluding carboxylic acids is 2. The predicted octanol–water partition coefficient (Wildman–Crippen LogP) is 4.78. The zero-order chi connectivity index (χ0) is 33.9. The average molecular weight is 660 g/mol. The minimum Gasteiger partial charge on any atom is -0.497 e. The number of carbonyl (C=O) groups is 2. The smallest absolute Gasteiger partial charge is 0.265 e. The van der Waals surface area contributed by atoms with E-state index in [9.17, 15) is 22.4 Å². The molecule has 3 rings (SSSR count). The molecule has 0 bridgehead atoms. The first-order chi connectivity index (χ1) is 22.0. The van der Waals surface area contributed by atoms with E-state index in [2.05, 4.69) is 5.32 Å². The summed E-state index contributed by atoms with van der Waals surface area (Å²) in [6.07, 6.45) is 1.86. The number of hydrogen-bond donors (Lipinski definition) is 1. The van der Waals surface area contributed by atoms with Crippen molar-refractivity contribution in [1.82, 2.24) is 10.2 Å². The number of methoxy groups -OCH3 is 4. The molecule has 2 amide bonds. The summed E-state index contributed by atoms with van der Waals surface area (Å²) in [5, 5.41) is 2.88. The molecule has 3 aromatic rings. The number of unbranched alkanes of at least 4 members (excludes halogenated alkanes) is 1.